The van der Waals surface area contributed by atoms with Crippen molar-refractivity contribution in [1.29, 1.82) is 0 Å². The lowest BCUT2D eigenvalue weighted by molar-refractivity contribution is -0.143. The van der Waals surface area contributed by atoms with Gasteiger partial charge in [-0.3, -0.25) is 14.4 Å². The first-order valence-electron chi connectivity index (χ1n) is 12.6. The van der Waals surface area contributed by atoms with Crippen molar-refractivity contribution in [2.45, 2.75) is 76.0 Å². The van der Waals surface area contributed by atoms with Crippen LogP contribution in [0.3, 0.4) is 0 Å². The summed E-state index contributed by atoms with van der Waals surface area (Å²) >= 11 is 7.23. The molecule has 6 atom stereocenters. The molecule has 0 radical (unpaired) electrons. The lowest BCUT2D eigenvalue weighted by atomic mass is 9.78. The number of carbonyl (C=O) groups excluding carboxylic acids is 3. The molecule has 2 fully saturated rings. The Morgan fingerprint density at radius 1 is 1.22 bits per heavy atom. The lowest BCUT2D eigenvalue weighted by Gasteiger charge is -2.37. The van der Waals surface area contributed by atoms with Crippen molar-refractivity contribution in [3.63, 3.8) is 0 Å². The van der Waals surface area contributed by atoms with Crippen LogP contribution in [-0.2, 0) is 20.8 Å². The highest BCUT2D eigenvalue weighted by Gasteiger charge is 2.55. The quantitative estimate of drug-likeness (QED) is 0.414. The zero-order valence-corrected chi connectivity index (χ0v) is 23.0. The Balaban J connectivity index is 1.62. The number of nitrogens with zero attached hydrogens (tertiary/aromatic N) is 1. The average molecular weight is 532 g/mol. The number of benzene rings is 1. The fraction of sp³-hybridized carbons (Fsp3) is 0.615. The molecule has 196 valence electrons. The van der Waals surface area contributed by atoms with Gasteiger partial charge < -0.3 is 26.6 Å². The minimum Gasteiger partial charge on any atom is -0.369 e. The molecule has 10 heteroatoms. The molecule has 0 aromatic heterocycles. The minimum atomic E-state index is -0.664. The van der Waals surface area contributed by atoms with Crippen LogP contribution in [0.4, 0.5) is 0 Å². The highest BCUT2D eigenvalue weighted by molar-refractivity contribution is 7.99. The van der Waals surface area contributed by atoms with Gasteiger partial charge in [0.05, 0.1) is 28.4 Å². The van der Waals surface area contributed by atoms with E-state index in [1.165, 1.54) is 0 Å². The van der Waals surface area contributed by atoms with Gasteiger partial charge in [-0.15, -0.1) is 11.8 Å². The largest absolute Gasteiger partial charge is 0.369 e. The molecule has 36 heavy (non-hydrogen) atoms. The number of thiocarbonyl (C=S) groups is 1. The monoisotopic (exact) mass is 531 g/mol. The first kappa shape index (κ1) is 26.9. The van der Waals surface area contributed by atoms with Gasteiger partial charge in [-0.25, -0.2) is 0 Å². The molecule has 2 heterocycles. The predicted octanol–water partition coefficient (Wildman–Crippen LogP) is 1.88. The molecule has 8 nitrogen and oxygen atoms in total. The molecule has 0 bridgehead atoms. The number of rotatable bonds is 6. The summed E-state index contributed by atoms with van der Waals surface area (Å²) in [6.45, 7) is 6.02. The molecule has 1 aromatic carbocycles. The summed E-state index contributed by atoms with van der Waals surface area (Å²) in [6, 6.07) is 6.14. The number of hydrogen-bond donors (Lipinski definition) is 4. The van der Waals surface area contributed by atoms with Crippen LogP contribution in [0.25, 0.3) is 0 Å². The molecular formula is C26H37N5O3S2. The summed E-state index contributed by atoms with van der Waals surface area (Å²) < 4.78 is 0. The molecule has 2 aliphatic heterocycles. The van der Waals surface area contributed by atoms with E-state index in [-0.39, 0.29) is 23.2 Å². The number of hydrogen-bond acceptors (Lipinski definition) is 6. The first-order chi connectivity index (χ1) is 17.0. The molecule has 4 rings (SSSR count). The molecule has 0 saturated carbocycles. The van der Waals surface area contributed by atoms with Gasteiger partial charge in [0.2, 0.25) is 17.7 Å². The molecule has 2 saturated heterocycles. The van der Waals surface area contributed by atoms with Gasteiger partial charge in [-0.05, 0) is 61.9 Å². The number of aryl methyl sites for hydroxylation is 1. The number of amides is 3. The highest BCUT2D eigenvalue weighted by Crippen LogP contribution is 2.47. The third-order valence-electron chi connectivity index (χ3n) is 7.87. The average Bonchev–Trinajstić information content (AvgIpc) is 3.03. The first-order valence-corrected chi connectivity index (χ1v) is 14.1. The molecule has 1 aromatic rings. The molecule has 3 aliphatic rings. The zero-order valence-electron chi connectivity index (χ0n) is 21.4. The van der Waals surface area contributed by atoms with Crippen molar-refractivity contribution in [3.05, 3.63) is 35.4 Å². The summed E-state index contributed by atoms with van der Waals surface area (Å²) in [6.07, 6.45) is 2.68. The van der Waals surface area contributed by atoms with Gasteiger partial charge >= 0.3 is 0 Å². The standard InChI is InChI=1S/C26H37N5O3S2/c1-14(28-4)24(35)29-18-11-12-36-19-13-26(2,3)21(31(19)25(18)34)23(33)30-20-16-8-6-5-7-15(16)9-10-17(20)22(27)32/h5-8,14,17-21,28H,9-13H2,1-4H3,(H2,27,32)(H,29,35)(H,30,33)/t14-,17+,18-,19?,20+,21+/m0/s1. The van der Waals surface area contributed by atoms with E-state index in [1.807, 2.05) is 52.1 Å². The Labute approximate surface area is 222 Å². The SMILES string of the molecule is CN[C@@H](C)C(=S)N[C@H]1CCSC2CC(C)(C)[C@@H](C(=O)N[C@@H]3c4ccccc4CC[C@H]3C(N)=O)N2C1=O. The van der Waals surface area contributed by atoms with Crippen LogP contribution in [0.1, 0.15) is 57.2 Å². The maximum Gasteiger partial charge on any atom is 0.246 e. The number of likely N-dealkylation sites (N-methyl/N-ethyl adjacent to an activating group) is 1. The summed E-state index contributed by atoms with van der Waals surface area (Å²) in [5.74, 6) is -0.455. The molecule has 0 spiro atoms. The van der Waals surface area contributed by atoms with Gasteiger partial charge in [0.15, 0.2) is 0 Å². The number of nitrogens with one attached hydrogen (secondary N) is 3. The van der Waals surface area contributed by atoms with E-state index in [0.29, 0.717) is 24.3 Å². The highest BCUT2D eigenvalue weighted by atomic mass is 32.2. The molecule has 1 aliphatic carbocycles. The van der Waals surface area contributed by atoms with Gasteiger partial charge in [-0.2, -0.15) is 0 Å². The van der Waals surface area contributed by atoms with Gasteiger partial charge in [0.1, 0.15) is 12.1 Å². The van der Waals surface area contributed by atoms with Crippen LogP contribution in [0.15, 0.2) is 24.3 Å². The van der Waals surface area contributed by atoms with Crippen molar-refractivity contribution >= 4 is 46.7 Å². The number of fused-ring (bicyclic) bond motifs is 2. The molecule has 1 unspecified atom stereocenters. The third-order valence-corrected chi connectivity index (χ3v) is 9.59. The number of thioether (sulfide) groups is 1. The van der Waals surface area contributed by atoms with E-state index < -0.39 is 35.4 Å². The van der Waals surface area contributed by atoms with Crippen molar-refractivity contribution in [2.24, 2.45) is 17.1 Å². The summed E-state index contributed by atoms with van der Waals surface area (Å²) in [5.41, 5.74) is 7.37. The Morgan fingerprint density at radius 2 is 1.94 bits per heavy atom. The second-order valence-electron chi connectivity index (χ2n) is 10.8. The number of nitrogens with two attached hydrogens (primary N) is 1. The van der Waals surface area contributed by atoms with Crippen LogP contribution < -0.4 is 21.7 Å². The maximum atomic E-state index is 14.0. The third kappa shape index (κ3) is 5.13. The van der Waals surface area contributed by atoms with E-state index in [2.05, 4.69) is 16.0 Å². The van der Waals surface area contributed by atoms with Crippen molar-refractivity contribution in [2.75, 3.05) is 12.8 Å². The fourth-order valence-corrected chi connectivity index (χ4v) is 7.59. The Morgan fingerprint density at radius 3 is 2.64 bits per heavy atom. The van der Waals surface area contributed by atoms with E-state index in [9.17, 15) is 14.4 Å². The zero-order chi connectivity index (χ0) is 26.2. The van der Waals surface area contributed by atoms with Gasteiger partial charge in [0, 0.05) is 0 Å². The van der Waals surface area contributed by atoms with Crippen LogP contribution in [0.5, 0.6) is 0 Å². The number of carbonyl (C=O) groups is 3. The second kappa shape index (κ2) is 10.7. The molecule has 5 N–H and O–H groups in total. The minimum absolute atomic E-state index is 0.0641. The lowest BCUT2D eigenvalue weighted by Crippen LogP contribution is -2.58. The normalized spacial score (nSPS) is 29.9. The summed E-state index contributed by atoms with van der Waals surface area (Å²) in [7, 11) is 1.82. The van der Waals surface area contributed by atoms with E-state index in [4.69, 9.17) is 18.0 Å². The van der Waals surface area contributed by atoms with Crippen molar-refractivity contribution in [1.82, 2.24) is 20.9 Å². The van der Waals surface area contributed by atoms with Gasteiger partial charge in [0.25, 0.3) is 0 Å². The smallest absolute Gasteiger partial charge is 0.246 e. The maximum absolute atomic E-state index is 14.0. The Bertz CT molecular complexity index is 1050. The predicted molar refractivity (Wildman–Crippen MR) is 146 cm³/mol. The van der Waals surface area contributed by atoms with Crippen LogP contribution >= 0.6 is 24.0 Å². The van der Waals surface area contributed by atoms with Crippen molar-refractivity contribution < 1.29 is 14.4 Å². The Hall–Kier alpha value is -2.17. The second-order valence-corrected chi connectivity index (χ2v) is 12.5. The van der Waals surface area contributed by atoms with Crippen molar-refractivity contribution in [3.8, 4) is 0 Å². The van der Waals surface area contributed by atoms with Crippen LogP contribution in [0, 0.1) is 11.3 Å². The number of primary amides is 1. The topological polar surface area (TPSA) is 117 Å². The van der Waals surface area contributed by atoms with E-state index >= 15 is 0 Å². The summed E-state index contributed by atoms with van der Waals surface area (Å²) in [4.78, 5) is 42.5. The molecule has 3 amide bonds. The van der Waals surface area contributed by atoms with Crippen LogP contribution in [-0.4, -0.2) is 63.9 Å². The fourth-order valence-electron chi connectivity index (χ4n) is 5.76. The Kier molecular flexibility index (Phi) is 7.97. The van der Waals surface area contributed by atoms with Crippen LogP contribution in [0.2, 0.25) is 0 Å². The van der Waals surface area contributed by atoms with E-state index in [0.717, 1.165) is 23.3 Å². The van der Waals surface area contributed by atoms with Gasteiger partial charge in [-0.1, -0.05) is 50.3 Å². The van der Waals surface area contributed by atoms with E-state index in [1.54, 1.807) is 16.7 Å². The molecular weight excluding hydrogens is 494 g/mol. The summed E-state index contributed by atoms with van der Waals surface area (Å²) in [5, 5.41) is 9.42.